The van der Waals surface area contributed by atoms with E-state index in [9.17, 15) is 0 Å². The molecular formula is C35H21BrN4. The van der Waals surface area contributed by atoms with Gasteiger partial charge in [-0.05, 0) is 42.5 Å². The molecule has 0 aliphatic carbocycles. The van der Waals surface area contributed by atoms with E-state index in [1.807, 2.05) is 91.0 Å². The van der Waals surface area contributed by atoms with E-state index in [0.717, 1.165) is 48.5 Å². The smallest absolute Gasteiger partial charge is 0.238 e. The molecule has 0 saturated heterocycles. The number of fused-ring (bicyclic) bond motifs is 3. The molecule has 0 saturated carbocycles. The topological polar surface area (TPSA) is 43.6 Å². The molecule has 7 rings (SSSR count). The summed E-state index contributed by atoms with van der Waals surface area (Å²) in [6, 6.07) is 42.8. The van der Waals surface area contributed by atoms with E-state index in [0.29, 0.717) is 17.6 Å². The Balaban J connectivity index is 1.44. The van der Waals surface area contributed by atoms with Gasteiger partial charge in [-0.3, -0.25) is 4.57 Å². The minimum Gasteiger partial charge on any atom is -0.278 e. The van der Waals surface area contributed by atoms with Gasteiger partial charge in [0.15, 0.2) is 11.6 Å². The molecule has 0 aliphatic rings. The normalized spacial score (nSPS) is 10.9. The fourth-order valence-corrected chi connectivity index (χ4v) is 5.27. The summed E-state index contributed by atoms with van der Waals surface area (Å²) in [5.41, 5.74) is 5.82. The number of hydrogen-bond donors (Lipinski definition) is 0. The summed E-state index contributed by atoms with van der Waals surface area (Å²) in [5, 5.41) is 2.21. The van der Waals surface area contributed by atoms with Crippen molar-refractivity contribution in [1.29, 1.82) is 0 Å². The molecule has 0 radical (unpaired) electrons. The molecule has 0 spiro atoms. The first-order valence-corrected chi connectivity index (χ1v) is 13.7. The van der Waals surface area contributed by atoms with Crippen molar-refractivity contribution in [3.05, 3.63) is 143 Å². The summed E-state index contributed by atoms with van der Waals surface area (Å²) in [6.45, 7) is 0. The summed E-state index contributed by atoms with van der Waals surface area (Å²) < 4.78 is 3.14. The highest BCUT2D eigenvalue weighted by atomic mass is 79.9. The zero-order valence-electron chi connectivity index (χ0n) is 21.3. The maximum Gasteiger partial charge on any atom is 0.238 e. The third-order valence-corrected chi connectivity index (χ3v) is 7.23. The van der Waals surface area contributed by atoms with Gasteiger partial charge in [-0.25, -0.2) is 4.98 Å². The first kappa shape index (κ1) is 24.0. The molecule has 5 heteroatoms. The lowest BCUT2D eigenvalue weighted by atomic mass is 10.1. The van der Waals surface area contributed by atoms with Crippen LogP contribution in [-0.2, 0) is 0 Å². The lowest BCUT2D eigenvalue weighted by molar-refractivity contribution is 0.953. The molecule has 5 aromatic carbocycles. The Hall–Kier alpha value is -5.05. The van der Waals surface area contributed by atoms with Crippen molar-refractivity contribution in [2.45, 2.75) is 0 Å². The Morgan fingerprint density at radius 1 is 0.500 bits per heavy atom. The lowest BCUT2D eigenvalue weighted by Crippen LogP contribution is -2.06. The molecule has 2 heterocycles. The van der Waals surface area contributed by atoms with E-state index in [-0.39, 0.29) is 0 Å². The van der Waals surface area contributed by atoms with Gasteiger partial charge in [-0.2, -0.15) is 9.97 Å². The van der Waals surface area contributed by atoms with Crippen LogP contribution in [0.1, 0.15) is 11.1 Å². The first-order chi connectivity index (χ1) is 19.7. The second-order valence-electron chi connectivity index (χ2n) is 9.36. The number of aromatic nitrogens is 4. The molecule has 0 fully saturated rings. The fourth-order valence-electron chi connectivity index (χ4n) is 4.87. The lowest BCUT2D eigenvalue weighted by Gasteiger charge is -2.10. The largest absolute Gasteiger partial charge is 0.278 e. The van der Waals surface area contributed by atoms with Crippen LogP contribution in [0.2, 0.25) is 0 Å². The quantitative estimate of drug-likeness (QED) is 0.198. The molecule has 7 aromatic rings. The van der Waals surface area contributed by atoms with Crippen molar-refractivity contribution >= 4 is 37.7 Å². The van der Waals surface area contributed by atoms with Crippen molar-refractivity contribution in [3.8, 4) is 40.6 Å². The van der Waals surface area contributed by atoms with Gasteiger partial charge < -0.3 is 0 Å². The predicted molar refractivity (Wildman–Crippen MR) is 165 cm³/mol. The molecule has 0 amide bonds. The van der Waals surface area contributed by atoms with Crippen LogP contribution < -0.4 is 0 Å². The second kappa shape index (κ2) is 10.3. The van der Waals surface area contributed by atoms with Gasteiger partial charge in [0.1, 0.15) is 0 Å². The Bertz CT molecular complexity index is 2010. The third-order valence-electron chi connectivity index (χ3n) is 6.74. The van der Waals surface area contributed by atoms with E-state index in [4.69, 9.17) is 15.0 Å². The summed E-state index contributed by atoms with van der Waals surface area (Å²) in [7, 11) is 0. The highest BCUT2D eigenvalue weighted by Crippen LogP contribution is 2.32. The molecule has 2 aromatic heterocycles. The second-order valence-corrected chi connectivity index (χ2v) is 10.3. The van der Waals surface area contributed by atoms with Crippen molar-refractivity contribution in [3.63, 3.8) is 0 Å². The van der Waals surface area contributed by atoms with Crippen LogP contribution in [0.25, 0.3) is 50.5 Å². The summed E-state index contributed by atoms with van der Waals surface area (Å²) in [4.78, 5) is 14.8. The maximum atomic E-state index is 4.99. The minimum absolute atomic E-state index is 0.576. The highest BCUT2D eigenvalue weighted by Gasteiger charge is 2.17. The zero-order chi connectivity index (χ0) is 26.9. The molecule has 40 heavy (non-hydrogen) atoms. The van der Waals surface area contributed by atoms with Crippen LogP contribution >= 0.6 is 15.9 Å². The molecule has 0 N–H and O–H groups in total. The standard InChI is InChI=1S/C35H21BrN4/c36-28-15-9-10-24(22-28)18-19-25-20-21-32-30(23-25)29-16-7-8-17-31(29)40(32)35-38-33(26-11-3-1-4-12-26)37-34(39-35)27-13-5-2-6-14-27/h1-17,20-23H. The number of benzene rings is 5. The van der Waals surface area contributed by atoms with Gasteiger partial charge in [-0.1, -0.05) is 113 Å². The van der Waals surface area contributed by atoms with E-state index < -0.39 is 0 Å². The molecule has 0 aliphatic heterocycles. The van der Waals surface area contributed by atoms with E-state index in [2.05, 4.69) is 68.7 Å². The minimum atomic E-state index is 0.576. The van der Waals surface area contributed by atoms with Gasteiger partial charge in [0.25, 0.3) is 0 Å². The SMILES string of the molecule is Brc1cccc(C#Cc2ccc3c(c2)c2ccccc2n3-c2nc(-c3ccccc3)nc(-c3ccccc3)n2)c1. The first-order valence-electron chi connectivity index (χ1n) is 12.9. The number of rotatable bonds is 3. The van der Waals surface area contributed by atoms with Crippen molar-refractivity contribution in [2.75, 3.05) is 0 Å². The van der Waals surface area contributed by atoms with Gasteiger partial charge in [0.05, 0.1) is 11.0 Å². The van der Waals surface area contributed by atoms with Gasteiger partial charge in [0.2, 0.25) is 5.95 Å². The highest BCUT2D eigenvalue weighted by molar-refractivity contribution is 9.10. The summed E-state index contributed by atoms with van der Waals surface area (Å²) >= 11 is 3.53. The molecular weight excluding hydrogens is 556 g/mol. The third kappa shape index (κ3) is 4.55. The number of halogens is 1. The molecule has 0 bridgehead atoms. The monoisotopic (exact) mass is 576 g/mol. The van der Waals surface area contributed by atoms with Crippen LogP contribution in [0, 0.1) is 11.8 Å². The Labute approximate surface area is 240 Å². The average molecular weight is 577 g/mol. The van der Waals surface area contributed by atoms with Crippen molar-refractivity contribution in [1.82, 2.24) is 19.5 Å². The Morgan fingerprint density at radius 3 is 1.77 bits per heavy atom. The van der Waals surface area contributed by atoms with Gasteiger partial charge >= 0.3 is 0 Å². The molecule has 0 atom stereocenters. The average Bonchev–Trinajstić information content (AvgIpc) is 3.34. The fraction of sp³-hybridized carbons (Fsp3) is 0. The van der Waals surface area contributed by atoms with Crippen molar-refractivity contribution in [2.24, 2.45) is 0 Å². The van der Waals surface area contributed by atoms with E-state index >= 15 is 0 Å². The Morgan fingerprint density at radius 2 is 1.10 bits per heavy atom. The molecule has 4 nitrogen and oxygen atoms in total. The van der Waals surface area contributed by atoms with Crippen molar-refractivity contribution < 1.29 is 0 Å². The maximum absolute atomic E-state index is 4.99. The zero-order valence-corrected chi connectivity index (χ0v) is 22.9. The van der Waals surface area contributed by atoms with E-state index in [1.165, 1.54) is 0 Å². The molecule has 188 valence electrons. The van der Waals surface area contributed by atoms with Crippen LogP contribution in [-0.4, -0.2) is 19.5 Å². The predicted octanol–water partition coefficient (Wildman–Crippen LogP) is 8.47. The van der Waals surface area contributed by atoms with Crippen LogP contribution in [0.3, 0.4) is 0 Å². The van der Waals surface area contributed by atoms with E-state index in [1.54, 1.807) is 0 Å². The number of para-hydroxylation sites is 1. The number of nitrogens with zero attached hydrogens (tertiary/aromatic N) is 4. The molecule has 0 unspecified atom stereocenters. The van der Waals surface area contributed by atoms with Crippen LogP contribution in [0.4, 0.5) is 0 Å². The summed E-state index contributed by atoms with van der Waals surface area (Å²) in [5.74, 6) is 8.46. The van der Waals surface area contributed by atoms with Gasteiger partial charge in [0, 0.05) is 37.5 Å². The summed E-state index contributed by atoms with van der Waals surface area (Å²) in [6.07, 6.45) is 0. The number of hydrogen-bond acceptors (Lipinski definition) is 3. The van der Waals surface area contributed by atoms with Gasteiger partial charge in [-0.15, -0.1) is 0 Å². The Kier molecular flexibility index (Phi) is 6.16. The van der Waals surface area contributed by atoms with Crippen LogP contribution in [0.5, 0.6) is 0 Å². The van der Waals surface area contributed by atoms with Crippen LogP contribution in [0.15, 0.2) is 132 Å².